The number of piperazine rings is 1. The molecule has 1 N–H and O–H groups in total. The zero-order chi connectivity index (χ0) is 16.9. The molecule has 126 valence electrons. The highest BCUT2D eigenvalue weighted by atomic mass is 32.1. The van der Waals surface area contributed by atoms with Gasteiger partial charge in [0.1, 0.15) is 11.6 Å². The average Bonchev–Trinajstić information content (AvgIpc) is 2.62. The van der Waals surface area contributed by atoms with Crippen LogP contribution in [0.2, 0.25) is 0 Å². The monoisotopic (exact) mass is 347 g/mol. The summed E-state index contributed by atoms with van der Waals surface area (Å²) >= 11 is 5.44. The Labute approximate surface area is 145 Å². The highest BCUT2D eigenvalue weighted by Crippen LogP contribution is 2.17. The molecule has 2 aromatic rings. The quantitative estimate of drug-likeness (QED) is 0.860. The van der Waals surface area contributed by atoms with Gasteiger partial charge in [0, 0.05) is 38.4 Å². The van der Waals surface area contributed by atoms with E-state index in [1.807, 2.05) is 0 Å². The van der Waals surface area contributed by atoms with Crippen molar-refractivity contribution >= 4 is 23.0 Å². The van der Waals surface area contributed by atoms with Crippen LogP contribution in [0.1, 0.15) is 5.56 Å². The van der Waals surface area contributed by atoms with E-state index in [-0.39, 0.29) is 11.6 Å². The van der Waals surface area contributed by atoms with Gasteiger partial charge in [-0.05, 0) is 54.2 Å². The first-order valence-electron chi connectivity index (χ1n) is 7.89. The van der Waals surface area contributed by atoms with Crippen molar-refractivity contribution in [1.82, 2.24) is 10.2 Å². The largest absolute Gasteiger partial charge is 0.368 e. The van der Waals surface area contributed by atoms with Crippen LogP contribution < -0.4 is 10.2 Å². The number of halogens is 2. The van der Waals surface area contributed by atoms with Crippen LogP contribution in [0.15, 0.2) is 48.5 Å². The molecule has 0 atom stereocenters. The molecule has 0 bridgehead atoms. The molecule has 1 heterocycles. The van der Waals surface area contributed by atoms with Crippen molar-refractivity contribution in [3.05, 3.63) is 65.7 Å². The lowest BCUT2D eigenvalue weighted by molar-refractivity contribution is 0.380. The number of rotatable bonds is 3. The van der Waals surface area contributed by atoms with Gasteiger partial charge in [-0.1, -0.05) is 12.1 Å². The van der Waals surface area contributed by atoms with Gasteiger partial charge < -0.3 is 15.1 Å². The Hall–Kier alpha value is -2.21. The van der Waals surface area contributed by atoms with E-state index < -0.39 is 0 Å². The molecule has 0 aromatic heterocycles. The first-order valence-corrected chi connectivity index (χ1v) is 8.30. The molecule has 1 aliphatic heterocycles. The molecule has 0 saturated carbocycles. The normalized spacial score (nSPS) is 14.6. The van der Waals surface area contributed by atoms with Crippen molar-refractivity contribution in [2.75, 3.05) is 31.1 Å². The van der Waals surface area contributed by atoms with E-state index >= 15 is 0 Å². The molecule has 3 rings (SSSR count). The Balaban J connectivity index is 1.48. The van der Waals surface area contributed by atoms with Crippen LogP contribution in [-0.2, 0) is 6.54 Å². The Kier molecular flexibility index (Phi) is 5.25. The van der Waals surface area contributed by atoms with Gasteiger partial charge >= 0.3 is 0 Å². The summed E-state index contributed by atoms with van der Waals surface area (Å²) in [7, 11) is 0. The van der Waals surface area contributed by atoms with Crippen LogP contribution in [0, 0.1) is 11.6 Å². The number of benzene rings is 2. The second kappa shape index (κ2) is 7.57. The zero-order valence-corrected chi connectivity index (χ0v) is 14.0. The second-order valence-corrected chi connectivity index (χ2v) is 6.12. The van der Waals surface area contributed by atoms with Crippen molar-refractivity contribution in [3.63, 3.8) is 0 Å². The lowest BCUT2D eigenvalue weighted by atomic mass is 10.2. The number of hydrogen-bond donors (Lipinski definition) is 1. The molecular formula is C18H19F2N3S. The molecule has 2 aromatic carbocycles. The van der Waals surface area contributed by atoms with E-state index in [2.05, 4.69) is 15.1 Å². The Morgan fingerprint density at radius 1 is 0.875 bits per heavy atom. The maximum Gasteiger partial charge on any atom is 0.169 e. The smallest absolute Gasteiger partial charge is 0.169 e. The van der Waals surface area contributed by atoms with E-state index in [9.17, 15) is 8.78 Å². The van der Waals surface area contributed by atoms with E-state index in [1.165, 1.54) is 24.3 Å². The summed E-state index contributed by atoms with van der Waals surface area (Å²) in [6.45, 7) is 3.88. The Bertz CT molecular complexity index is 680. The molecule has 0 unspecified atom stereocenters. The van der Waals surface area contributed by atoms with Crippen LogP contribution >= 0.6 is 12.2 Å². The molecule has 0 aliphatic carbocycles. The van der Waals surface area contributed by atoms with E-state index in [1.54, 1.807) is 24.3 Å². The minimum atomic E-state index is -0.238. The van der Waals surface area contributed by atoms with Crippen molar-refractivity contribution in [2.24, 2.45) is 0 Å². The third kappa shape index (κ3) is 4.20. The molecule has 0 radical (unpaired) electrons. The van der Waals surface area contributed by atoms with Gasteiger partial charge in [-0.2, -0.15) is 0 Å². The van der Waals surface area contributed by atoms with Gasteiger partial charge in [-0.25, -0.2) is 8.78 Å². The van der Waals surface area contributed by atoms with Gasteiger partial charge in [0.05, 0.1) is 0 Å². The van der Waals surface area contributed by atoms with Crippen LogP contribution in [0.5, 0.6) is 0 Å². The summed E-state index contributed by atoms with van der Waals surface area (Å²) in [6.07, 6.45) is 0. The molecule has 3 nitrogen and oxygen atoms in total. The fourth-order valence-corrected chi connectivity index (χ4v) is 2.97. The minimum absolute atomic E-state index is 0.219. The lowest BCUT2D eigenvalue weighted by Crippen LogP contribution is -2.51. The number of hydrogen-bond acceptors (Lipinski definition) is 2. The zero-order valence-electron chi connectivity index (χ0n) is 13.2. The van der Waals surface area contributed by atoms with E-state index in [0.717, 1.165) is 37.4 Å². The summed E-state index contributed by atoms with van der Waals surface area (Å²) < 4.78 is 25.9. The standard InChI is InChI=1S/C18H19F2N3S/c19-15-3-1-14(2-4-15)13-21-18(24)23-11-9-22(10-12-23)17-7-5-16(20)6-8-17/h1-8H,9-13H2,(H,21,24). The SMILES string of the molecule is Fc1ccc(CNC(=S)N2CCN(c3ccc(F)cc3)CC2)cc1. The molecule has 0 spiro atoms. The molecule has 24 heavy (non-hydrogen) atoms. The van der Waals surface area contributed by atoms with Gasteiger partial charge in [0.2, 0.25) is 0 Å². The summed E-state index contributed by atoms with van der Waals surface area (Å²) in [5.74, 6) is -0.457. The van der Waals surface area contributed by atoms with Crippen LogP contribution in [0.25, 0.3) is 0 Å². The van der Waals surface area contributed by atoms with Crippen molar-refractivity contribution in [2.45, 2.75) is 6.54 Å². The highest BCUT2D eigenvalue weighted by molar-refractivity contribution is 7.80. The van der Waals surface area contributed by atoms with Gasteiger partial charge in [0.25, 0.3) is 0 Å². The summed E-state index contributed by atoms with van der Waals surface area (Å²) in [5.41, 5.74) is 2.02. The van der Waals surface area contributed by atoms with Crippen LogP contribution in [0.3, 0.4) is 0 Å². The summed E-state index contributed by atoms with van der Waals surface area (Å²) in [6, 6.07) is 13.0. The lowest BCUT2D eigenvalue weighted by Gasteiger charge is -2.37. The predicted molar refractivity (Wildman–Crippen MR) is 96.0 cm³/mol. The number of anilines is 1. The molecule has 6 heteroatoms. The van der Waals surface area contributed by atoms with Crippen molar-refractivity contribution < 1.29 is 8.78 Å². The number of nitrogens with one attached hydrogen (secondary N) is 1. The maximum atomic E-state index is 13.0. The molecule has 0 amide bonds. The third-order valence-electron chi connectivity index (χ3n) is 4.12. The summed E-state index contributed by atoms with van der Waals surface area (Å²) in [5, 5.41) is 3.92. The number of nitrogens with zero attached hydrogens (tertiary/aromatic N) is 2. The van der Waals surface area contributed by atoms with Gasteiger partial charge in [0.15, 0.2) is 5.11 Å². The van der Waals surface area contributed by atoms with Crippen LogP contribution in [-0.4, -0.2) is 36.2 Å². The second-order valence-electron chi connectivity index (χ2n) is 5.74. The van der Waals surface area contributed by atoms with E-state index in [4.69, 9.17) is 12.2 Å². The highest BCUT2D eigenvalue weighted by Gasteiger charge is 2.19. The molecule has 1 aliphatic rings. The van der Waals surface area contributed by atoms with Crippen molar-refractivity contribution in [1.29, 1.82) is 0 Å². The molecular weight excluding hydrogens is 328 g/mol. The van der Waals surface area contributed by atoms with Gasteiger partial charge in [-0.3, -0.25) is 0 Å². The number of thiocarbonyl (C=S) groups is 1. The van der Waals surface area contributed by atoms with Gasteiger partial charge in [-0.15, -0.1) is 0 Å². The fourth-order valence-electron chi connectivity index (χ4n) is 2.71. The topological polar surface area (TPSA) is 18.5 Å². The predicted octanol–water partition coefficient (Wildman–Crippen LogP) is 3.16. The first-order chi connectivity index (χ1) is 11.6. The first kappa shape index (κ1) is 16.6. The fraction of sp³-hybridized carbons (Fsp3) is 0.278. The Morgan fingerprint density at radius 2 is 1.42 bits per heavy atom. The molecule has 1 fully saturated rings. The average molecular weight is 347 g/mol. The van der Waals surface area contributed by atoms with E-state index in [0.29, 0.717) is 11.7 Å². The minimum Gasteiger partial charge on any atom is -0.368 e. The maximum absolute atomic E-state index is 13.0. The third-order valence-corrected chi connectivity index (χ3v) is 4.52. The van der Waals surface area contributed by atoms with Crippen molar-refractivity contribution in [3.8, 4) is 0 Å². The van der Waals surface area contributed by atoms with Crippen LogP contribution in [0.4, 0.5) is 14.5 Å². The summed E-state index contributed by atoms with van der Waals surface area (Å²) in [4.78, 5) is 4.34. The Morgan fingerprint density at radius 3 is 2.00 bits per heavy atom. The molecule has 1 saturated heterocycles.